The van der Waals surface area contributed by atoms with Gasteiger partial charge in [-0.05, 0) is 0 Å². The highest BCUT2D eigenvalue weighted by molar-refractivity contribution is 5.62. The van der Waals surface area contributed by atoms with Crippen LogP contribution in [0.25, 0.3) is 0 Å². The molecule has 2 nitrogen and oxygen atoms in total. The first-order valence-electron chi connectivity index (χ1n) is 1.92. The highest BCUT2D eigenvalue weighted by Crippen LogP contribution is 2.04. The predicted octanol–water partition coefficient (Wildman–Crippen LogP) is 0.800. The molecule has 1 rings (SSSR count). The summed E-state index contributed by atoms with van der Waals surface area (Å²) in [5.41, 5.74) is 0. The Morgan fingerprint density at radius 2 is 2.67 bits per heavy atom. The van der Waals surface area contributed by atoms with Gasteiger partial charge < -0.3 is 4.84 Å². The van der Waals surface area contributed by atoms with E-state index in [1.54, 1.807) is 12.8 Å². The molecule has 0 N–H and O–H groups in total. The van der Waals surface area contributed by atoms with E-state index in [1.165, 1.54) is 0 Å². The fourth-order valence-corrected chi connectivity index (χ4v) is 0.297. The summed E-state index contributed by atoms with van der Waals surface area (Å²) in [5, 5.41) is 3.48. The molecule has 1 atom stereocenters. The second kappa shape index (κ2) is 1.29. The van der Waals surface area contributed by atoms with Gasteiger partial charge in [-0.2, -0.15) is 0 Å². The molecule has 33 valence electrons. The van der Waals surface area contributed by atoms with Crippen molar-refractivity contribution in [2.75, 3.05) is 0 Å². The average Bonchev–Trinajstić information content (AvgIpc) is 1.86. The van der Waals surface area contributed by atoms with Gasteiger partial charge in [0.2, 0.25) is 0 Å². The van der Waals surface area contributed by atoms with E-state index in [0.29, 0.717) is 5.92 Å². The summed E-state index contributed by atoms with van der Waals surface area (Å²) in [6, 6.07) is 0. The quantitative estimate of drug-likeness (QED) is 0.425. The Morgan fingerprint density at radius 1 is 1.83 bits per heavy atom. The van der Waals surface area contributed by atoms with Crippen LogP contribution in [0.5, 0.6) is 0 Å². The molecular weight excluding hydrogens is 78.0 g/mol. The third-order valence-corrected chi connectivity index (χ3v) is 0.632. The van der Waals surface area contributed by atoms with E-state index in [9.17, 15) is 0 Å². The zero-order valence-electron chi connectivity index (χ0n) is 3.59. The van der Waals surface area contributed by atoms with Crippen LogP contribution in [0.15, 0.2) is 5.16 Å². The summed E-state index contributed by atoms with van der Waals surface area (Å²) < 4.78 is 0. The third-order valence-electron chi connectivity index (χ3n) is 0.632. The zero-order chi connectivity index (χ0) is 4.41. The van der Waals surface area contributed by atoms with E-state index >= 15 is 0 Å². The predicted molar refractivity (Wildman–Crippen MR) is 23.0 cm³/mol. The molecule has 1 heterocycles. The molecule has 0 aromatic rings. The second-order valence-corrected chi connectivity index (χ2v) is 1.36. The number of hydrogen-bond donors (Lipinski definition) is 0. The van der Waals surface area contributed by atoms with Gasteiger partial charge in [0.05, 0.1) is 6.21 Å². The van der Waals surface area contributed by atoms with E-state index in [1.807, 2.05) is 6.92 Å². The van der Waals surface area contributed by atoms with Crippen LogP contribution >= 0.6 is 0 Å². The van der Waals surface area contributed by atoms with Crippen molar-refractivity contribution in [3.63, 3.8) is 0 Å². The molecular formula is C4H6NO. The number of nitrogens with zero attached hydrogens (tertiary/aromatic N) is 1. The zero-order valence-corrected chi connectivity index (χ0v) is 3.59. The molecule has 0 spiro atoms. The molecule has 0 fully saturated rings. The Morgan fingerprint density at radius 3 is 2.83 bits per heavy atom. The van der Waals surface area contributed by atoms with E-state index in [0.717, 1.165) is 0 Å². The molecule has 6 heavy (non-hydrogen) atoms. The lowest BCUT2D eigenvalue weighted by Crippen LogP contribution is -1.86. The van der Waals surface area contributed by atoms with Gasteiger partial charge in [0.1, 0.15) is 0 Å². The van der Waals surface area contributed by atoms with Gasteiger partial charge in [-0.25, -0.2) is 0 Å². The fraction of sp³-hybridized carbons (Fsp3) is 0.500. The lowest BCUT2D eigenvalue weighted by atomic mass is 10.2. The molecule has 0 amide bonds. The van der Waals surface area contributed by atoms with E-state index in [-0.39, 0.29) is 0 Å². The van der Waals surface area contributed by atoms with Gasteiger partial charge in [-0.3, -0.25) is 0 Å². The number of hydrogen-bond acceptors (Lipinski definition) is 2. The summed E-state index contributed by atoms with van der Waals surface area (Å²) in [4.78, 5) is 4.50. The smallest absolute Gasteiger partial charge is 0.174 e. The summed E-state index contributed by atoms with van der Waals surface area (Å²) in [6.07, 6.45) is 1.75. The van der Waals surface area contributed by atoms with Gasteiger partial charge in [-0.1, -0.05) is 12.1 Å². The van der Waals surface area contributed by atoms with Crippen molar-refractivity contribution < 1.29 is 4.84 Å². The normalized spacial score (nSPS) is 30.5. The maximum Gasteiger partial charge on any atom is 0.174 e. The van der Waals surface area contributed by atoms with Crippen LogP contribution in [0.3, 0.4) is 0 Å². The third kappa shape index (κ3) is 0.506. The summed E-state index contributed by atoms with van der Waals surface area (Å²) in [7, 11) is 0. The molecule has 0 aromatic heterocycles. The van der Waals surface area contributed by atoms with Gasteiger partial charge in [0.15, 0.2) is 6.61 Å². The fourth-order valence-electron chi connectivity index (χ4n) is 0.297. The first kappa shape index (κ1) is 3.65. The van der Waals surface area contributed by atoms with Crippen molar-refractivity contribution in [3.05, 3.63) is 6.61 Å². The maximum absolute atomic E-state index is 4.50. The van der Waals surface area contributed by atoms with Crippen molar-refractivity contribution in [2.24, 2.45) is 11.1 Å². The van der Waals surface area contributed by atoms with Gasteiger partial charge in [0.25, 0.3) is 0 Å². The van der Waals surface area contributed by atoms with Crippen molar-refractivity contribution in [3.8, 4) is 0 Å². The largest absolute Gasteiger partial charge is 0.388 e. The first-order chi connectivity index (χ1) is 2.89. The van der Waals surface area contributed by atoms with Crippen LogP contribution in [0, 0.1) is 12.5 Å². The Kier molecular flexibility index (Phi) is 0.783. The minimum atomic E-state index is 0.407. The molecule has 1 radical (unpaired) electrons. The van der Waals surface area contributed by atoms with E-state index in [4.69, 9.17) is 0 Å². The van der Waals surface area contributed by atoms with E-state index in [2.05, 4.69) is 9.99 Å². The van der Waals surface area contributed by atoms with Crippen molar-refractivity contribution >= 4 is 6.21 Å². The average molecular weight is 84.1 g/mol. The number of rotatable bonds is 0. The molecule has 0 aliphatic carbocycles. The lowest BCUT2D eigenvalue weighted by Gasteiger charge is -1.84. The summed E-state index contributed by atoms with van der Waals surface area (Å²) in [5.74, 6) is 0.407. The van der Waals surface area contributed by atoms with Crippen LogP contribution in [0.1, 0.15) is 6.92 Å². The van der Waals surface area contributed by atoms with Gasteiger partial charge in [-0.15, -0.1) is 0 Å². The molecule has 0 aromatic carbocycles. The SMILES string of the molecule is CC1[CH]ON=C1. The van der Waals surface area contributed by atoms with Crippen molar-refractivity contribution in [1.82, 2.24) is 0 Å². The lowest BCUT2D eigenvalue weighted by molar-refractivity contribution is 0.223. The van der Waals surface area contributed by atoms with Crippen LogP contribution < -0.4 is 0 Å². The van der Waals surface area contributed by atoms with Crippen molar-refractivity contribution in [1.29, 1.82) is 0 Å². The Bertz CT molecular complexity index is 69.9. The maximum atomic E-state index is 4.50. The first-order valence-corrected chi connectivity index (χ1v) is 1.92. The molecule has 1 aliphatic heterocycles. The molecule has 0 bridgehead atoms. The van der Waals surface area contributed by atoms with Crippen LogP contribution in [-0.4, -0.2) is 6.21 Å². The van der Waals surface area contributed by atoms with Crippen LogP contribution in [0.2, 0.25) is 0 Å². The minimum absolute atomic E-state index is 0.407. The molecule has 0 saturated heterocycles. The topological polar surface area (TPSA) is 21.6 Å². The van der Waals surface area contributed by atoms with E-state index < -0.39 is 0 Å². The molecule has 2 heteroatoms. The summed E-state index contributed by atoms with van der Waals surface area (Å²) >= 11 is 0. The van der Waals surface area contributed by atoms with Crippen LogP contribution in [-0.2, 0) is 4.84 Å². The number of oxime groups is 1. The Balaban J connectivity index is 2.38. The van der Waals surface area contributed by atoms with Gasteiger partial charge in [0, 0.05) is 5.92 Å². The Hall–Kier alpha value is -0.530. The Labute approximate surface area is 36.8 Å². The standard InChI is InChI=1S/C4H6NO/c1-4-2-5-6-3-4/h2-4H,1H3. The molecule has 1 unspecified atom stereocenters. The highest BCUT2D eigenvalue weighted by Gasteiger charge is 2.03. The highest BCUT2D eigenvalue weighted by atomic mass is 16.6. The van der Waals surface area contributed by atoms with Crippen molar-refractivity contribution in [2.45, 2.75) is 6.92 Å². The minimum Gasteiger partial charge on any atom is -0.388 e. The second-order valence-electron chi connectivity index (χ2n) is 1.36. The molecule has 0 saturated carbocycles. The molecule has 1 aliphatic rings. The van der Waals surface area contributed by atoms with Crippen LogP contribution in [0.4, 0.5) is 0 Å². The summed E-state index contributed by atoms with van der Waals surface area (Å²) in [6.45, 7) is 3.69. The van der Waals surface area contributed by atoms with Gasteiger partial charge >= 0.3 is 0 Å². The monoisotopic (exact) mass is 84.0 g/mol.